The van der Waals surface area contributed by atoms with E-state index in [1.807, 2.05) is 18.2 Å². The zero-order valence-corrected chi connectivity index (χ0v) is 12.9. The van der Waals surface area contributed by atoms with Gasteiger partial charge in [0.25, 0.3) is 0 Å². The van der Waals surface area contributed by atoms with Crippen molar-refractivity contribution >= 4 is 12.0 Å². The van der Waals surface area contributed by atoms with Crippen molar-refractivity contribution in [3.63, 3.8) is 0 Å². The Labute approximate surface area is 134 Å². The molecule has 23 heavy (non-hydrogen) atoms. The van der Waals surface area contributed by atoms with E-state index in [9.17, 15) is 14.7 Å². The van der Waals surface area contributed by atoms with E-state index in [2.05, 4.69) is 10.3 Å². The van der Waals surface area contributed by atoms with Gasteiger partial charge in [0.1, 0.15) is 13.2 Å². The van der Waals surface area contributed by atoms with Gasteiger partial charge in [-0.25, -0.2) is 4.79 Å². The van der Waals surface area contributed by atoms with Gasteiger partial charge in [-0.3, -0.25) is 14.7 Å². The first-order valence-corrected chi connectivity index (χ1v) is 7.91. The van der Waals surface area contributed by atoms with Crippen molar-refractivity contribution in [2.45, 2.75) is 31.4 Å². The molecule has 0 radical (unpaired) electrons. The monoisotopic (exact) mass is 319 g/mol. The zero-order chi connectivity index (χ0) is 16.2. The highest BCUT2D eigenvalue weighted by Crippen LogP contribution is 2.31. The summed E-state index contributed by atoms with van der Waals surface area (Å²) >= 11 is 0. The number of carbonyl (C=O) groups excluding carboxylic acids is 2. The molecule has 124 valence electrons. The second-order valence-corrected chi connectivity index (χ2v) is 6.12. The fourth-order valence-corrected chi connectivity index (χ4v) is 3.03. The van der Waals surface area contributed by atoms with Gasteiger partial charge in [-0.2, -0.15) is 0 Å². The van der Waals surface area contributed by atoms with Gasteiger partial charge in [-0.15, -0.1) is 0 Å². The highest BCUT2D eigenvalue weighted by Gasteiger charge is 2.35. The lowest BCUT2D eigenvalue weighted by molar-refractivity contribution is -0.123. The molecule has 1 aliphatic carbocycles. The van der Waals surface area contributed by atoms with Crippen LogP contribution < -0.4 is 5.32 Å². The van der Waals surface area contributed by atoms with Crippen molar-refractivity contribution in [1.82, 2.24) is 15.2 Å². The van der Waals surface area contributed by atoms with E-state index in [1.165, 1.54) is 4.90 Å². The largest absolute Gasteiger partial charge is 0.448 e. The SMILES string of the molecule is O=C(CN1CCOC1=O)N[C@H](Cc1ccccn1)C1CC(O)C1. The van der Waals surface area contributed by atoms with Gasteiger partial charge in [0, 0.05) is 24.4 Å². The molecular formula is C16H21N3O4. The molecule has 1 saturated carbocycles. The lowest BCUT2D eigenvalue weighted by Gasteiger charge is -2.38. The second-order valence-electron chi connectivity index (χ2n) is 6.12. The van der Waals surface area contributed by atoms with Gasteiger partial charge in [0.2, 0.25) is 5.91 Å². The molecule has 0 bridgehead atoms. The summed E-state index contributed by atoms with van der Waals surface area (Å²) in [7, 11) is 0. The summed E-state index contributed by atoms with van der Waals surface area (Å²) in [6, 6.07) is 5.60. The number of cyclic esters (lactones) is 1. The number of aliphatic hydroxyl groups excluding tert-OH is 1. The smallest absolute Gasteiger partial charge is 0.410 e. The molecule has 2 heterocycles. The molecule has 1 saturated heterocycles. The molecule has 0 spiro atoms. The molecule has 0 aromatic carbocycles. The number of ether oxygens (including phenoxy) is 1. The van der Waals surface area contributed by atoms with E-state index < -0.39 is 6.09 Å². The summed E-state index contributed by atoms with van der Waals surface area (Å²) in [6.07, 6.45) is 2.99. The number of hydrogen-bond acceptors (Lipinski definition) is 5. The lowest BCUT2D eigenvalue weighted by atomic mass is 9.76. The molecule has 1 aromatic rings. The minimum absolute atomic E-state index is 0.00677. The Morgan fingerprint density at radius 1 is 1.48 bits per heavy atom. The Balaban J connectivity index is 1.59. The Hall–Kier alpha value is -2.15. The minimum atomic E-state index is -0.444. The van der Waals surface area contributed by atoms with Gasteiger partial charge in [-0.05, 0) is 30.9 Å². The maximum Gasteiger partial charge on any atom is 0.410 e. The van der Waals surface area contributed by atoms with Crippen molar-refractivity contribution in [3.8, 4) is 0 Å². The van der Waals surface area contributed by atoms with Crippen LogP contribution in [0.5, 0.6) is 0 Å². The second kappa shape index (κ2) is 6.95. The summed E-state index contributed by atoms with van der Waals surface area (Å²) < 4.78 is 4.82. The van der Waals surface area contributed by atoms with E-state index >= 15 is 0 Å². The summed E-state index contributed by atoms with van der Waals surface area (Å²) in [5.74, 6) is 0.0349. The number of nitrogens with zero attached hydrogens (tertiary/aromatic N) is 2. The first-order valence-electron chi connectivity index (χ1n) is 7.91. The first-order chi connectivity index (χ1) is 11.1. The number of pyridine rings is 1. The predicted molar refractivity (Wildman–Crippen MR) is 81.5 cm³/mol. The number of rotatable bonds is 6. The maximum absolute atomic E-state index is 12.2. The Morgan fingerprint density at radius 3 is 2.91 bits per heavy atom. The highest BCUT2D eigenvalue weighted by atomic mass is 16.6. The van der Waals surface area contributed by atoms with Crippen LogP contribution in [0.2, 0.25) is 0 Å². The molecule has 2 fully saturated rings. The number of hydrogen-bond donors (Lipinski definition) is 2. The third-order valence-corrected chi connectivity index (χ3v) is 4.40. The molecule has 1 atom stereocenters. The fraction of sp³-hybridized carbons (Fsp3) is 0.562. The van der Waals surface area contributed by atoms with Crippen LogP contribution in [0, 0.1) is 5.92 Å². The zero-order valence-electron chi connectivity index (χ0n) is 12.9. The first kappa shape index (κ1) is 15.7. The standard InChI is InChI=1S/C16H21N3O4/c20-13-7-11(8-13)14(9-12-3-1-2-4-17-12)18-15(21)10-19-5-6-23-16(19)22/h1-4,11,13-14,20H,5-10H2,(H,18,21)/t11?,13?,14-/m1/s1. The quantitative estimate of drug-likeness (QED) is 0.788. The molecule has 2 aliphatic rings. The molecule has 2 N–H and O–H groups in total. The van der Waals surface area contributed by atoms with Crippen molar-refractivity contribution in [2.75, 3.05) is 19.7 Å². The third kappa shape index (κ3) is 3.98. The van der Waals surface area contributed by atoms with Crippen LogP contribution in [0.4, 0.5) is 4.79 Å². The minimum Gasteiger partial charge on any atom is -0.448 e. The molecular weight excluding hydrogens is 298 g/mol. The van der Waals surface area contributed by atoms with Gasteiger partial charge in [0.05, 0.1) is 12.6 Å². The van der Waals surface area contributed by atoms with Crippen molar-refractivity contribution in [3.05, 3.63) is 30.1 Å². The van der Waals surface area contributed by atoms with Gasteiger partial charge in [0.15, 0.2) is 0 Å². The lowest BCUT2D eigenvalue weighted by Crippen LogP contribution is -2.50. The number of aliphatic hydroxyl groups is 1. The fourth-order valence-electron chi connectivity index (χ4n) is 3.03. The Kier molecular flexibility index (Phi) is 4.76. The van der Waals surface area contributed by atoms with E-state index in [1.54, 1.807) is 6.20 Å². The van der Waals surface area contributed by atoms with Crippen LogP contribution in [0.25, 0.3) is 0 Å². The molecule has 7 nitrogen and oxygen atoms in total. The van der Waals surface area contributed by atoms with Crippen LogP contribution >= 0.6 is 0 Å². The van der Waals surface area contributed by atoms with E-state index in [4.69, 9.17) is 4.74 Å². The average Bonchev–Trinajstić information content (AvgIpc) is 2.89. The Morgan fingerprint density at radius 2 is 2.30 bits per heavy atom. The number of amides is 2. The summed E-state index contributed by atoms with van der Waals surface area (Å²) in [5.41, 5.74) is 0.903. The summed E-state index contributed by atoms with van der Waals surface area (Å²) in [6.45, 7) is 0.782. The van der Waals surface area contributed by atoms with E-state index in [-0.39, 0.29) is 30.5 Å². The average molecular weight is 319 g/mol. The van der Waals surface area contributed by atoms with E-state index in [0.29, 0.717) is 32.4 Å². The highest BCUT2D eigenvalue weighted by molar-refractivity contribution is 5.83. The Bertz CT molecular complexity index is 560. The number of nitrogens with one attached hydrogen (secondary N) is 1. The summed E-state index contributed by atoms with van der Waals surface area (Å²) in [5, 5.41) is 12.5. The van der Waals surface area contributed by atoms with Crippen LogP contribution in [0.15, 0.2) is 24.4 Å². The molecule has 1 aromatic heterocycles. The summed E-state index contributed by atoms with van der Waals surface area (Å²) in [4.78, 5) is 29.3. The van der Waals surface area contributed by atoms with Crippen LogP contribution in [-0.2, 0) is 16.0 Å². The normalized spacial score (nSPS) is 24.7. The van der Waals surface area contributed by atoms with Gasteiger partial charge >= 0.3 is 6.09 Å². The van der Waals surface area contributed by atoms with Crippen LogP contribution in [0.3, 0.4) is 0 Å². The van der Waals surface area contributed by atoms with Crippen LogP contribution in [0.1, 0.15) is 18.5 Å². The molecule has 7 heteroatoms. The topological polar surface area (TPSA) is 91.8 Å². The van der Waals surface area contributed by atoms with Crippen molar-refractivity contribution in [2.24, 2.45) is 5.92 Å². The third-order valence-electron chi connectivity index (χ3n) is 4.40. The van der Waals surface area contributed by atoms with Crippen molar-refractivity contribution in [1.29, 1.82) is 0 Å². The molecule has 2 amide bonds. The van der Waals surface area contributed by atoms with E-state index in [0.717, 1.165) is 5.69 Å². The number of aromatic nitrogens is 1. The van der Waals surface area contributed by atoms with Crippen LogP contribution in [-0.4, -0.2) is 58.8 Å². The maximum atomic E-state index is 12.2. The van der Waals surface area contributed by atoms with Gasteiger partial charge in [-0.1, -0.05) is 6.07 Å². The van der Waals surface area contributed by atoms with Gasteiger partial charge < -0.3 is 15.2 Å². The predicted octanol–water partition coefficient (Wildman–Crippen LogP) is 0.332. The molecule has 3 rings (SSSR count). The molecule has 1 aliphatic heterocycles. The number of carbonyl (C=O) groups is 2. The van der Waals surface area contributed by atoms with Crippen molar-refractivity contribution < 1.29 is 19.4 Å². The molecule has 0 unspecified atom stereocenters.